The van der Waals surface area contributed by atoms with Gasteiger partial charge in [0.15, 0.2) is 0 Å². The molecule has 0 fully saturated rings. The normalized spacial score (nSPS) is 9.07. The van der Waals surface area contributed by atoms with Gasteiger partial charge >= 0.3 is 0 Å². The molecule has 0 amide bonds. The molecule has 0 bridgehead atoms. The van der Waals surface area contributed by atoms with E-state index in [1.807, 2.05) is 0 Å². The van der Waals surface area contributed by atoms with E-state index in [-0.39, 0.29) is 5.82 Å². The van der Waals surface area contributed by atoms with E-state index >= 15 is 0 Å². The zero-order chi connectivity index (χ0) is 10.4. The van der Waals surface area contributed by atoms with Gasteiger partial charge in [-0.1, -0.05) is 0 Å². The molecule has 0 aliphatic rings. The molecule has 1 rings (SSSR count). The van der Waals surface area contributed by atoms with Gasteiger partial charge in [-0.15, -0.1) is 11.8 Å². The monoisotopic (exact) mass is 256 g/mol. The highest BCUT2D eigenvalue weighted by Gasteiger charge is 2.00. The molecule has 74 valence electrons. The van der Waals surface area contributed by atoms with E-state index in [2.05, 4.69) is 27.8 Å². The minimum Gasteiger partial charge on any atom is -0.493 e. The van der Waals surface area contributed by atoms with E-state index in [0.29, 0.717) is 23.2 Å². The van der Waals surface area contributed by atoms with Crippen LogP contribution in [0.4, 0.5) is 4.39 Å². The summed E-state index contributed by atoms with van der Waals surface area (Å²) in [6, 6.07) is 4.57. The molecule has 0 heterocycles. The minimum absolute atomic E-state index is 0.286. The first-order valence-electron chi connectivity index (χ1n) is 4.21. The average molecular weight is 257 g/mol. The van der Waals surface area contributed by atoms with Crippen molar-refractivity contribution in [2.75, 3.05) is 6.61 Å². The average Bonchev–Trinajstić information content (AvgIpc) is 2.18. The molecule has 1 aromatic rings. The molecule has 1 nitrogen and oxygen atoms in total. The zero-order valence-electron chi connectivity index (χ0n) is 7.81. The third kappa shape index (κ3) is 3.39. The van der Waals surface area contributed by atoms with Gasteiger partial charge in [-0.05, 0) is 41.1 Å². The summed E-state index contributed by atoms with van der Waals surface area (Å²) in [5.41, 5.74) is 0. The van der Waals surface area contributed by atoms with Gasteiger partial charge in [0.1, 0.15) is 11.6 Å². The van der Waals surface area contributed by atoms with E-state index in [0.717, 1.165) is 0 Å². The standard InChI is InChI=1S/C11H10BrFO/c1-2-3-4-7-14-9-5-6-11(13)10(12)8-9/h5-6,8H,4,7H2,1H3. The second-order valence-electron chi connectivity index (χ2n) is 2.60. The molecule has 0 atom stereocenters. The van der Waals surface area contributed by atoms with Crippen LogP contribution >= 0.6 is 15.9 Å². The first-order chi connectivity index (χ1) is 6.74. The van der Waals surface area contributed by atoms with Crippen molar-refractivity contribution >= 4 is 15.9 Å². The van der Waals surface area contributed by atoms with Crippen molar-refractivity contribution in [1.29, 1.82) is 0 Å². The molecule has 0 aliphatic heterocycles. The van der Waals surface area contributed by atoms with Crippen LogP contribution in [0.25, 0.3) is 0 Å². The van der Waals surface area contributed by atoms with Crippen molar-refractivity contribution in [1.82, 2.24) is 0 Å². The Labute approximate surface area is 91.4 Å². The number of benzene rings is 1. The SMILES string of the molecule is CC#CCCOc1ccc(F)c(Br)c1. The molecular formula is C11H10BrFO. The fourth-order valence-corrected chi connectivity index (χ4v) is 1.27. The van der Waals surface area contributed by atoms with E-state index < -0.39 is 0 Å². The second kappa shape index (κ2) is 5.66. The van der Waals surface area contributed by atoms with Crippen LogP contribution in [0.2, 0.25) is 0 Å². The maximum absolute atomic E-state index is 12.8. The quantitative estimate of drug-likeness (QED) is 0.595. The van der Waals surface area contributed by atoms with Crippen molar-refractivity contribution in [2.45, 2.75) is 13.3 Å². The molecule has 0 saturated carbocycles. The topological polar surface area (TPSA) is 9.23 Å². The van der Waals surface area contributed by atoms with Crippen molar-refractivity contribution in [3.05, 3.63) is 28.5 Å². The van der Waals surface area contributed by atoms with Crippen LogP contribution < -0.4 is 4.74 Å². The number of rotatable bonds is 3. The van der Waals surface area contributed by atoms with Gasteiger partial charge in [0.05, 0.1) is 11.1 Å². The molecule has 0 spiro atoms. The molecule has 14 heavy (non-hydrogen) atoms. The highest BCUT2D eigenvalue weighted by atomic mass is 79.9. The predicted octanol–water partition coefficient (Wildman–Crippen LogP) is 3.38. The maximum Gasteiger partial charge on any atom is 0.137 e. The number of hydrogen-bond acceptors (Lipinski definition) is 1. The lowest BCUT2D eigenvalue weighted by Crippen LogP contribution is -1.95. The summed E-state index contributed by atoms with van der Waals surface area (Å²) < 4.78 is 18.6. The lowest BCUT2D eigenvalue weighted by atomic mass is 10.3. The first kappa shape index (κ1) is 11.1. The van der Waals surface area contributed by atoms with Crippen LogP contribution in [0, 0.1) is 17.7 Å². The minimum atomic E-state index is -0.286. The van der Waals surface area contributed by atoms with Gasteiger partial charge in [-0.2, -0.15) is 0 Å². The molecule has 0 saturated heterocycles. The number of halogens is 2. The van der Waals surface area contributed by atoms with Crippen LogP contribution in [-0.2, 0) is 0 Å². The fourth-order valence-electron chi connectivity index (χ4n) is 0.912. The molecule has 0 radical (unpaired) electrons. The number of ether oxygens (including phenoxy) is 1. The second-order valence-corrected chi connectivity index (χ2v) is 3.46. The van der Waals surface area contributed by atoms with E-state index in [4.69, 9.17) is 4.74 Å². The number of hydrogen-bond donors (Lipinski definition) is 0. The first-order valence-corrected chi connectivity index (χ1v) is 5.01. The Morgan fingerprint density at radius 2 is 2.29 bits per heavy atom. The largest absolute Gasteiger partial charge is 0.493 e. The predicted molar refractivity (Wildman–Crippen MR) is 57.7 cm³/mol. The van der Waals surface area contributed by atoms with Gasteiger partial charge in [0.2, 0.25) is 0 Å². The smallest absolute Gasteiger partial charge is 0.137 e. The Kier molecular flexibility index (Phi) is 4.48. The van der Waals surface area contributed by atoms with Gasteiger partial charge in [0, 0.05) is 6.42 Å². The Balaban J connectivity index is 2.50. The summed E-state index contributed by atoms with van der Waals surface area (Å²) >= 11 is 3.09. The third-order valence-corrected chi connectivity index (χ3v) is 2.17. The summed E-state index contributed by atoms with van der Waals surface area (Å²) in [6.07, 6.45) is 0.686. The molecule has 0 unspecified atom stereocenters. The van der Waals surface area contributed by atoms with Crippen LogP contribution in [-0.4, -0.2) is 6.61 Å². The zero-order valence-corrected chi connectivity index (χ0v) is 9.40. The molecular weight excluding hydrogens is 247 g/mol. The molecule has 1 aromatic carbocycles. The van der Waals surface area contributed by atoms with Crippen LogP contribution in [0.3, 0.4) is 0 Å². The summed E-state index contributed by atoms with van der Waals surface area (Å²) in [7, 11) is 0. The van der Waals surface area contributed by atoms with E-state index in [9.17, 15) is 4.39 Å². The van der Waals surface area contributed by atoms with Gasteiger partial charge < -0.3 is 4.74 Å². The van der Waals surface area contributed by atoms with Crippen molar-refractivity contribution in [3.8, 4) is 17.6 Å². The molecule has 0 N–H and O–H groups in total. The van der Waals surface area contributed by atoms with Crippen molar-refractivity contribution < 1.29 is 9.13 Å². The molecule has 0 aromatic heterocycles. The Morgan fingerprint density at radius 1 is 1.50 bits per heavy atom. The van der Waals surface area contributed by atoms with Gasteiger partial charge in [-0.25, -0.2) is 4.39 Å². The maximum atomic E-state index is 12.8. The Morgan fingerprint density at radius 3 is 2.93 bits per heavy atom. The van der Waals surface area contributed by atoms with Crippen molar-refractivity contribution in [3.63, 3.8) is 0 Å². The third-order valence-electron chi connectivity index (χ3n) is 1.56. The molecule has 3 heteroatoms. The lowest BCUT2D eigenvalue weighted by Gasteiger charge is -2.04. The Bertz CT molecular complexity index is 365. The van der Waals surface area contributed by atoms with E-state index in [1.165, 1.54) is 6.07 Å². The fraction of sp³-hybridized carbons (Fsp3) is 0.273. The van der Waals surface area contributed by atoms with Crippen LogP contribution in [0.15, 0.2) is 22.7 Å². The summed E-state index contributed by atoms with van der Waals surface area (Å²) in [6.45, 7) is 2.31. The van der Waals surface area contributed by atoms with Crippen LogP contribution in [0.5, 0.6) is 5.75 Å². The van der Waals surface area contributed by atoms with Crippen molar-refractivity contribution in [2.24, 2.45) is 0 Å². The summed E-state index contributed by atoms with van der Waals surface area (Å²) in [4.78, 5) is 0. The van der Waals surface area contributed by atoms with Gasteiger partial charge in [0.25, 0.3) is 0 Å². The summed E-state index contributed by atoms with van der Waals surface area (Å²) in [5, 5.41) is 0. The summed E-state index contributed by atoms with van der Waals surface area (Å²) in [5.74, 6) is 6.02. The Hall–Kier alpha value is -1.01. The van der Waals surface area contributed by atoms with E-state index in [1.54, 1.807) is 19.1 Å². The molecule has 0 aliphatic carbocycles. The highest BCUT2D eigenvalue weighted by Crippen LogP contribution is 2.21. The van der Waals surface area contributed by atoms with Crippen LogP contribution in [0.1, 0.15) is 13.3 Å². The van der Waals surface area contributed by atoms with Gasteiger partial charge in [-0.3, -0.25) is 0 Å². The highest BCUT2D eigenvalue weighted by molar-refractivity contribution is 9.10. The lowest BCUT2D eigenvalue weighted by molar-refractivity contribution is 0.326.